The average Bonchev–Trinajstić information content (AvgIpc) is 2.50. The summed E-state index contributed by atoms with van der Waals surface area (Å²) >= 11 is 5.01. The van der Waals surface area contributed by atoms with Crippen LogP contribution in [0.15, 0.2) is 32.8 Å². The number of aromatic nitrogens is 1. The Balaban J connectivity index is 2.56. The summed E-state index contributed by atoms with van der Waals surface area (Å²) in [7, 11) is 0. The van der Waals surface area contributed by atoms with E-state index in [4.69, 9.17) is 0 Å². The molecule has 0 aliphatic carbocycles. The van der Waals surface area contributed by atoms with Crippen LogP contribution in [0.25, 0.3) is 10.4 Å². The molecule has 2 heterocycles. The normalized spacial score (nSPS) is 10.4. The lowest BCUT2D eigenvalue weighted by Gasteiger charge is -1.97. The lowest BCUT2D eigenvalue weighted by Crippen LogP contribution is -2.05. The molecule has 0 saturated heterocycles. The van der Waals surface area contributed by atoms with Gasteiger partial charge >= 0.3 is 0 Å². The fraction of sp³-hybridized carbons (Fsp3) is 0.100. The second-order valence-electron chi connectivity index (χ2n) is 3.05. The van der Waals surface area contributed by atoms with Gasteiger partial charge in [0.15, 0.2) is 0 Å². The molecule has 1 N–H and O–H groups in total. The molecule has 14 heavy (non-hydrogen) atoms. The van der Waals surface area contributed by atoms with E-state index in [-0.39, 0.29) is 5.56 Å². The van der Waals surface area contributed by atoms with Crippen LogP contribution in [0, 0.1) is 6.92 Å². The van der Waals surface area contributed by atoms with Crippen molar-refractivity contribution in [3.8, 4) is 10.4 Å². The molecule has 0 amide bonds. The Hall–Kier alpha value is -0.870. The molecule has 0 atom stereocenters. The van der Waals surface area contributed by atoms with E-state index in [1.54, 1.807) is 17.4 Å². The number of rotatable bonds is 1. The molecule has 2 nitrogen and oxygen atoms in total. The van der Waals surface area contributed by atoms with Crippen LogP contribution < -0.4 is 5.56 Å². The van der Waals surface area contributed by atoms with E-state index in [1.807, 2.05) is 24.4 Å². The third-order valence-corrected chi connectivity index (χ3v) is 3.57. The van der Waals surface area contributed by atoms with Crippen molar-refractivity contribution in [3.05, 3.63) is 44.1 Å². The second kappa shape index (κ2) is 3.71. The maximum Gasteiger partial charge on any atom is 0.248 e. The highest BCUT2D eigenvalue weighted by atomic mass is 79.9. The molecule has 4 heteroatoms. The largest absolute Gasteiger partial charge is 0.326 e. The number of halogens is 1. The molecule has 0 unspecified atom stereocenters. The van der Waals surface area contributed by atoms with Crippen molar-refractivity contribution in [2.75, 3.05) is 0 Å². The molecule has 0 spiro atoms. The molecule has 0 aliphatic rings. The van der Waals surface area contributed by atoms with E-state index >= 15 is 0 Å². The third kappa shape index (κ3) is 1.96. The van der Waals surface area contributed by atoms with Gasteiger partial charge < -0.3 is 4.98 Å². The Labute approximate surface area is 93.7 Å². The van der Waals surface area contributed by atoms with E-state index in [0.29, 0.717) is 0 Å². The standard InChI is InChI=1S/C10H8BrNOS/c1-6-2-7(3-10(13)12-6)9-4-8(11)5-14-9/h2-5H,1H3,(H,12,13). The van der Waals surface area contributed by atoms with Gasteiger partial charge in [0.1, 0.15) is 0 Å². The van der Waals surface area contributed by atoms with Gasteiger partial charge in [-0.25, -0.2) is 0 Å². The van der Waals surface area contributed by atoms with Crippen molar-refractivity contribution in [2.24, 2.45) is 0 Å². The van der Waals surface area contributed by atoms with Crippen LogP contribution >= 0.6 is 27.3 Å². The maximum atomic E-state index is 11.2. The molecule has 2 aromatic rings. The second-order valence-corrected chi connectivity index (χ2v) is 4.87. The summed E-state index contributed by atoms with van der Waals surface area (Å²) < 4.78 is 1.05. The van der Waals surface area contributed by atoms with Gasteiger partial charge in [-0.2, -0.15) is 0 Å². The summed E-state index contributed by atoms with van der Waals surface area (Å²) in [5.74, 6) is 0. The minimum absolute atomic E-state index is 0.0514. The Morgan fingerprint density at radius 1 is 1.36 bits per heavy atom. The molecule has 72 valence electrons. The number of hydrogen-bond donors (Lipinski definition) is 1. The van der Waals surface area contributed by atoms with E-state index < -0.39 is 0 Å². The highest BCUT2D eigenvalue weighted by Gasteiger charge is 2.02. The zero-order valence-electron chi connectivity index (χ0n) is 7.50. The molecule has 0 bridgehead atoms. The van der Waals surface area contributed by atoms with E-state index in [9.17, 15) is 4.79 Å². The topological polar surface area (TPSA) is 32.9 Å². The number of pyridine rings is 1. The van der Waals surface area contributed by atoms with E-state index in [0.717, 1.165) is 20.6 Å². The number of aromatic amines is 1. The molecule has 0 radical (unpaired) electrons. The fourth-order valence-electron chi connectivity index (χ4n) is 1.29. The Bertz CT molecular complexity index is 515. The third-order valence-electron chi connectivity index (χ3n) is 1.83. The van der Waals surface area contributed by atoms with Gasteiger partial charge in [0, 0.05) is 26.5 Å². The van der Waals surface area contributed by atoms with Gasteiger partial charge in [-0.05, 0) is 40.5 Å². The van der Waals surface area contributed by atoms with Crippen molar-refractivity contribution >= 4 is 27.3 Å². The van der Waals surface area contributed by atoms with Crippen LogP contribution in [0.2, 0.25) is 0 Å². The Morgan fingerprint density at radius 2 is 2.14 bits per heavy atom. The van der Waals surface area contributed by atoms with Crippen molar-refractivity contribution in [1.82, 2.24) is 4.98 Å². The number of aryl methyl sites for hydroxylation is 1. The first kappa shape index (κ1) is 9.68. The Kier molecular flexibility index (Phi) is 2.56. The first-order valence-corrected chi connectivity index (χ1v) is 5.78. The van der Waals surface area contributed by atoms with Crippen molar-refractivity contribution in [2.45, 2.75) is 6.92 Å². The molecule has 0 aromatic carbocycles. The van der Waals surface area contributed by atoms with Gasteiger partial charge in [-0.3, -0.25) is 4.79 Å². The van der Waals surface area contributed by atoms with Crippen LogP contribution in [0.5, 0.6) is 0 Å². The fourth-order valence-corrected chi connectivity index (χ4v) is 2.71. The van der Waals surface area contributed by atoms with Crippen LogP contribution in [0.1, 0.15) is 5.69 Å². The summed E-state index contributed by atoms with van der Waals surface area (Å²) in [6.45, 7) is 1.88. The van der Waals surface area contributed by atoms with E-state index in [2.05, 4.69) is 20.9 Å². The highest BCUT2D eigenvalue weighted by Crippen LogP contribution is 2.29. The quantitative estimate of drug-likeness (QED) is 0.848. The molecular weight excluding hydrogens is 262 g/mol. The van der Waals surface area contributed by atoms with Gasteiger partial charge in [0.2, 0.25) is 5.56 Å². The van der Waals surface area contributed by atoms with Gasteiger partial charge in [-0.15, -0.1) is 11.3 Å². The van der Waals surface area contributed by atoms with Gasteiger partial charge in [-0.1, -0.05) is 0 Å². The number of hydrogen-bond acceptors (Lipinski definition) is 2. The number of thiophene rings is 1. The predicted octanol–water partition coefficient (Wildman–Crippen LogP) is 3.17. The summed E-state index contributed by atoms with van der Waals surface area (Å²) in [4.78, 5) is 15.1. The SMILES string of the molecule is Cc1cc(-c2cc(Br)cs2)cc(=O)[nH]1. The molecule has 2 rings (SSSR count). The summed E-state index contributed by atoms with van der Waals surface area (Å²) in [5.41, 5.74) is 1.81. The van der Waals surface area contributed by atoms with Crippen molar-refractivity contribution in [3.63, 3.8) is 0 Å². The average molecular weight is 270 g/mol. The first-order valence-electron chi connectivity index (χ1n) is 4.10. The number of nitrogens with one attached hydrogen (secondary N) is 1. The highest BCUT2D eigenvalue weighted by molar-refractivity contribution is 9.10. The van der Waals surface area contributed by atoms with Crippen molar-refractivity contribution < 1.29 is 0 Å². The lowest BCUT2D eigenvalue weighted by atomic mass is 10.2. The number of H-pyrrole nitrogens is 1. The zero-order valence-corrected chi connectivity index (χ0v) is 9.91. The van der Waals surface area contributed by atoms with Crippen molar-refractivity contribution in [1.29, 1.82) is 0 Å². The van der Waals surface area contributed by atoms with Gasteiger partial charge in [0.25, 0.3) is 0 Å². The van der Waals surface area contributed by atoms with E-state index in [1.165, 1.54) is 0 Å². The molecule has 0 fully saturated rings. The summed E-state index contributed by atoms with van der Waals surface area (Å²) in [5, 5.41) is 2.01. The zero-order chi connectivity index (χ0) is 10.1. The molecule has 0 saturated carbocycles. The minimum Gasteiger partial charge on any atom is -0.326 e. The summed E-state index contributed by atoms with van der Waals surface area (Å²) in [6.07, 6.45) is 0. The predicted molar refractivity (Wildman–Crippen MR) is 62.8 cm³/mol. The van der Waals surface area contributed by atoms with Crippen LogP contribution in [0.3, 0.4) is 0 Å². The Morgan fingerprint density at radius 3 is 2.71 bits per heavy atom. The molecule has 0 aliphatic heterocycles. The monoisotopic (exact) mass is 269 g/mol. The molecular formula is C10H8BrNOS. The van der Waals surface area contributed by atoms with Crippen LogP contribution in [0.4, 0.5) is 0 Å². The minimum atomic E-state index is -0.0514. The van der Waals surface area contributed by atoms with Crippen LogP contribution in [-0.4, -0.2) is 4.98 Å². The molecule has 2 aromatic heterocycles. The van der Waals surface area contributed by atoms with Gasteiger partial charge in [0.05, 0.1) is 0 Å². The lowest BCUT2D eigenvalue weighted by molar-refractivity contribution is 1.15. The smallest absolute Gasteiger partial charge is 0.248 e. The van der Waals surface area contributed by atoms with Crippen LogP contribution in [-0.2, 0) is 0 Å². The maximum absolute atomic E-state index is 11.2. The summed E-state index contributed by atoms with van der Waals surface area (Å²) in [6, 6.07) is 5.60. The first-order chi connectivity index (χ1) is 6.65.